The highest BCUT2D eigenvalue weighted by Gasteiger charge is 2.55. The Bertz CT molecular complexity index is 383. The Balaban J connectivity index is 2.12. The molecule has 2 radical (unpaired) electrons. The van der Waals surface area contributed by atoms with E-state index in [1.54, 1.807) is 0 Å². The van der Waals surface area contributed by atoms with E-state index in [9.17, 15) is 0 Å². The Morgan fingerprint density at radius 2 is 2.00 bits per heavy atom. The Labute approximate surface area is 137 Å². The molecular formula is C14H28BO3PSSi. The first-order valence-corrected chi connectivity index (χ1v) is 13.8. The van der Waals surface area contributed by atoms with Gasteiger partial charge in [0.1, 0.15) is 13.4 Å². The Morgan fingerprint density at radius 3 is 2.48 bits per heavy atom. The molecule has 0 aliphatic carbocycles. The summed E-state index contributed by atoms with van der Waals surface area (Å²) in [5.41, 5.74) is -0.272. The minimum atomic E-state index is -1.85. The van der Waals surface area contributed by atoms with Gasteiger partial charge in [-0.3, -0.25) is 0 Å². The lowest BCUT2D eigenvalue weighted by atomic mass is 9.84. The minimum absolute atomic E-state index is 0.0312. The van der Waals surface area contributed by atoms with Crippen LogP contribution in [0, 0.1) is 5.92 Å². The number of hydrogen-bond donors (Lipinski definition) is 0. The van der Waals surface area contributed by atoms with Crippen molar-refractivity contribution in [1.82, 2.24) is 0 Å². The maximum absolute atomic E-state index is 6.57. The fourth-order valence-corrected chi connectivity index (χ4v) is 6.77. The van der Waals surface area contributed by atoms with E-state index in [1.165, 1.54) is 0 Å². The summed E-state index contributed by atoms with van der Waals surface area (Å²) in [5, 5.41) is 0.178. The highest BCUT2D eigenvalue weighted by Crippen LogP contribution is 2.57. The molecule has 2 unspecified atom stereocenters. The topological polar surface area (TPSA) is 27.7 Å². The molecule has 3 nitrogen and oxygen atoms in total. The molecule has 2 fully saturated rings. The van der Waals surface area contributed by atoms with E-state index in [0.29, 0.717) is 6.61 Å². The van der Waals surface area contributed by atoms with E-state index < -0.39 is 8.32 Å². The van der Waals surface area contributed by atoms with Gasteiger partial charge in [-0.15, -0.1) is 11.4 Å². The maximum atomic E-state index is 6.57. The van der Waals surface area contributed by atoms with Crippen LogP contribution >= 0.6 is 18.7 Å². The number of ether oxygens (including phenoxy) is 1. The molecule has 0 amide bonds. The molecule has 0 N–H and O–H groups in total. The van der Waals surface area contributed by atoms with Crippen LogP contribution in [0.15, 0.2) is 0 Å². The zero-order valence-electron chi connectivity index (χ0n) is 14.3. The van der Waals surface area contributed by atoms with Crippen molar-refractivity contribution in [2.24, 2.45) is 5.92 Å². The molecule has 5 atom stereocenters. The highest BCUT2D eigenvalue weighted by molar-refractivity contribution is 8.54. The van der Waals surface area contributed by atoms with Gasteiger partial charge in [-0.1, -0.05) is 27.7 Å². The van der Waals surface area contributed by atoms with Crippen LogP contribution in [-0.2, 0) is 13.7 Å². The van der Waals surface area contributed by atoms with E-state index in [2.05, 4.69) is 47.5 Å². The molecule has 7 heteroatoms. The second-order valence-electron chi connectivity index (χ2n) is 7.77. The smallest absolute Gasteiger partial charge is 0.192 e. The van der Waals surface area contributed by atoms with Gasteiger partial charge in [0.2, 0.25) is 0 Å². The molecule has 0 aromatic carbocycles. The Morgan fingerprint density at radius 1 is 1.38 bits per heavy atom. The molecule has 1 spiro atoms. The van der Waals surface area contributed by atoms with Gasteiger partial charge in [-0.05, 0) is 24.8 Å². The van der Waals surface area contributed by atoms with Gasteiger partial charge in [0, 0.05) is 17.7 Å². The lowest BCUT2D eigenvalue weighted by Gasteiger charge is -2.42. The summed E-state index contributed by atoms with van der Waals surface area (Å²) in [5.74, 6) is 1.22. The Kier molecular flexibility index (Phi) is 5.31. The summed E-state index contributed by atoms with van der Waals surface area (Å²) < 4.78 is 18.6. The van der Waals surface area contributed by atoms with Gasteiger partial charge in [-0.2, -0.15) is 0 Å². The van der Waals surface area contributed by atoms with Gasteiger partial charge in [0.15, 0.2) is 8.32 Å². The standard InChI is InChI=1S/C14H28BO3PSSi/c1-10-11(18-21(6,7)13(2,3)4)12(15)17-14(10)8-16-19(5)20-9-14/h10-12H,8-9H2,1-7H3/t10?,11-,12+,14-,19?/m0/s1. The van der Waals surface area contributed by atoms with Crippen LogP contribution in [0.3, 0.4) is 0 Å². The summed E-state index contributed by atoms with van der Waals surface area (Å²) in [6, 6.07) is -0.348. The van der Waals surface area contributed by atoms with Crippen molar-refractivity contribution in [3.8, 4) is 0 Å². The van der Waals surface area contributed by atoms with Gasteiger partial charge >= 0.3 is 0 Å². The van der Waals surface area contributed by atoms with Crippen molar-refractivity contribution in [2.75, 3.05) is 19.0 Å². The number of rotatable bonds is 2. The molecule has 0 saturated carbocycles. The van der Waals surface area contributed by atoms with Gasteiger partial charge in [0.25, 0.3) is 0 Å². The molecule has 120 valence electrons. The van der Waals surface area contributed by atoms with Crippen LogP contribution in [-0.4, -0.2) is 52.9 Å². The van der Waals surface area contributed by atoms with Crippen molar-refractivity contribution >= 4 is 34.9 Å². The summed E-state index contributed by atoms with van der Waals surface area (Å²) >= 11 is 1.86. The van der Waals surface area contributed by atoms with Crippen LogP contribution in [0.4, 0.5) is 0 Å². The van der Waals surface area contributed by atoms with Gasteiger partial charge < -0.3 is 13.7 Å². The lowest BCUT2D eigenvalue weighted by Crippen LogP contribution is -2.49. The van der Waals surface area contributed by atoms with Crippen LogP contribution in [0.2, 0.25) is 18.1 Å². The zero-order chi connectivity index (χ0) is 16.1. The van der Waals surface area contributed by atoms with Crippen molar-refractivity contribution in [3.63, 3.8) is 0 Å². The fourth-order valence-electron chi connectivity index (χ4n) is 2.53. The molecule has 2 heterocycles. The molecule has 21 heavy (non-hydrogen) atoms. The molecule has 0 bridgehead atoms. The van der Waals surface area contributed by atoms with Crippen LogP contribution in [0.5, 0.6) is 0 Å². The van der Waals surface area contributed by atoms with E-state index in [4.69, 9.17) is 21.5 Å². The molecule has 2 rings (SSSR count). The predicted molar refractivity (Wildman–Crippen MR) is 95.8 cm³/mol. The molecular weight excluding hydrogens is 318 g/mol. The van der Waals surface area contributed by atoms with E-state index >= 15 is 0 Å². The van der Waals surface area contributed by atoms with Crippen LogP contribution in [0.1, 0.15) is 27.7 Å². The van der Waals surface area contributed by atoms with Crippen molar-refractivity contribution in [1.29, 1.82) is 0 Å². The van der Waals surface area contributed by atoms with Crippen molar-refractivity contribution in [2.45, 2.75) is 63.5 Å². The van der Waals surface area contributed by atoms with Crippen LogP contribution < -0.4 is 0 Å². The second kappa shape index (κ2) is 6.10. The zero-order valence-corrected chi connectivity index (χ0v) is 17.0. The molecule has 0 aromatic heterocycles. The van der Waals surface area contributed by atoms with Crippen molar-refractivity contribution in [3.05, 3.63) is 0 Å². The maximum Gasteiger partial charge on any atom is 0.192 e. The van der Waals surface area contributed by atoms with Crippen molar-refractivity contribution < 1.29 is 13.7 Å². The lowest BCUT2D eigenvalue weighted by molar-refractivity contribution is -0.0427. The molecule has 2 aliphatic rings. The highest BCUT2D eigenvalue weighted by atomic mass is 32.7. The fraction of sp³-hybridized carbons (Fsp3) is 1.00. The third kappa shape index (κ3) is 3.56. The monoisotopic (exact) mass is 346 g/mol. The largest absolute Gasteiger partial charge is 0.412 e. The first-order chi connectivity index (χ1) is 9.48. The quantitative estimate of drug-likeness (QED) is 0.558. The number of hydrogen-bond acceptors (Lipinski definition) is 4. The van der Waals surface area contributed by atoms with Gasteiger partial charge in [-0.25, -0.2) is 0 Å². The summed E-state index contributed by atoms with van der Waals surface area (Å²) in [4.78, 5) is 0. The van der Waals surface area contributed by atoms with E-state index in [0.717, 1.165) is 5.75 Å². The first-order valence-electron chi connectivity index (χ1n) is 7.59. The third-order valence-electron chi connectivity index (χ3n) is 5.24. The average molecular weight is 346 g/mol. The van der Waals surface area contributed by atoms with Gasteiger partial charge in [0.05, 0.1) is 20.1 Å². The summed E-state index contributed by atoms with van der Waals surface area (Å²) in [7, 11) is 4.06. The second-order valence-corrected chi connectivity index (χ2v) is 16.5. The third-order valence-corrected chi connectivity index (χ3v) is 13.0. The Hall–Kier alpha value is 0.942. The van der Waals surface area contributed by atoms with E-state index in [1.807, 2.05) is 11.4 Å². The van der Waals surface area contributed by atoms with E-state index in [-0.39, 0.29) is 36.0 Å². The molecule has 2 aliphatic heterocycles. The average Bonchev–Trinajstić information content (AvgIpc) is 2.57. The van der Waals surface area contributed by atoms with Crippen LogP contribution in [0.25, 0.3) is 0 Å². The first kappa shape index (κ1) is 18.3. The summed E-state index contributed by atoms with van der Waals surface area (Å²) in [6.07, 6.45) is -0.0312. The molecule has 2 saturated heterocycles. The minimum Gasteiger partial charge on any atom is -0.412 e. The molecule has 0 aromatic rings. The predicted octanol–water partition coefficient (Wildman–Crippen LogP) is 3.98. The normalized spacial score (nSPS) is 41.7. The SMILES string of the molecule is [B][C@@H]1O[C@]2(COP(C)SC2)C(C)[C@@H]1O[Si](C)(C)C(C)(C)C. The summed E-state index contributed by atoms with van der Waals surface area (Å²) in [6.45, 7) is 16.3.